The van der Waals surface area contributed by atoms with Crippen LogP contribution in [0.4, 0.5) is 0 Å². The highest BCUT2D eigenvalue weighted by molar-refractivity contribution is 5.16. The van der Waals surface area contributed by atoms with E-state index in [9.17, 15) is 5.11 Å². The van der Waals surface area contributed by atoms with E-state index in [2.05, 4.69) is 27.7 Å². The van der Waals surface area contributed by atoms with Crippen LogP contribution < -0.4 is 0 Å². The lowest BCUT2D eigenvalue weighted by atomic mass is 9.58. The van der Waals surface area contributed by atoms with Crippen molar-refractivity contribution in [1.82, 2.24) is 0 Å². The van der Waals surface area contributed by atoms with E-state index < -0.39 is 0 Å². The van der Waals surface area contributed by atoms with E-state index >= 15 is 0 Å². The second-order valence-electron chi connectivity index (χ2n) is 8.31. The van der Waals surface area contributed by atoms with Crippen molar-refractivity contribution in [2.24, 2.45) is 22.7 Å². The fourth-order valence-electron chi connectivity index (χ4n) is 6.04. The topological polar surface area (TPSA) is 29.5 Å². The van der Waals surface area contributed by atoms with Crippen molar-refractivity contribution < 1.29 is 9.84 Å². The molecule has 2 heteroatoms. The molecule has 5 atom stereocenters. The molecule has 0 aliphatic heterocycles. The molecular formula is C18H32O2. The fourth-order valence-corrected chi connectivity index (χ4v) is 6.04. The Morgan fingerprint density at radius 1 is 1.10 bits per heavy atom. The van der Waals surface area contributed by atoms with Gasteiger partial charge in [-0.05, 0) is 61.7 Å². The summed E-state index contributed by atoms with van der Waals surface area (Å²) in [5, 5.41) is 10.8. The Labute approximate surface area is 124 Å². The molecule has 0 radical (unpaired) electrons. The standard InChI is InChI=1S/C18H32O2/c1-5-20-18(10-7-6-8-15(18)19)14-12-13-9-11-17(14,4)16(13,2)3/h13-15,19H,5-12H2,1-4H3/t13-,14-,15?,17+,18?/m0/s1. The van der Waals surface area contributed by atoms with Gasteiger partial charge in [-0.15, -0.1) is 0 Å². The summed E-state index contributed by atoms with van der Waals surface area (Å²) in [6.45, 7) is 10.2. The maximum atomic E-state index is 10.8. The van der Waals surface area contributed by atoms with Crippen LogP contribution in [0.25, 0.3) is 0 Å². The van der Waals surface area contributed by atoms with Crippen molar-refractivity contribution in [3.8, 4) is 0 Å². The number of hydrogen-bond donors (Lipinski definition) is 1. The molecule has 0 heterocycles. The number of aliphatic hydroxyl groups is 1. The molecule has 0 aromatic rings. The first-order valence-corrected chi connectivity index (χ1v) is 8.70. The molecule has 20 heavy (non-hydrogen) atoms. The van der Waals surface area contributed by atoms with Gasteiger partial charge in [-0.1, -0.05) is 33.6 Å². The van der Waals surface area contributed by atoms with Gasteiger partial charge < -0.3 is 9.84 Å². The minimum absolute atomic E-state index is 0.256. The Morgan fingerprint density at radius 2 is 1.85 bits per heavy atom. The maximum Gasteiger partial charge on any atom is 0.0973 e. The normalized spacial score (nSPS) is 50.5. The summed E-state index contributed by atoms with van der Waals surface area (Å²) < 4.78 is 6.33. The predicted octanol–water partition coefficient (Wildman–Crippen LogP) is 4.16. The van der Waals surface area contributed by atoms with Crippen molar-refractivity contribution in [3.63, 3.8) is 0 Å². The number of aliphatic hydroxyl groups excluding tert-OH is 1. The first-order valence-electron chi connectivity index (χ1n) is 8.70. The molecule has 3 saturated carbocycles. The average molecular weight is 280 g/mol. The number of rotatable bonds is 3. The molecule has 2 unspecified atom stereocenters. The molecule has 0 spiro atoms. The van der Waals surface area contributed by atoms with Crippen LogP contribution >= 0.6 is 0 Å². The van der Waals surface area contributed by atoms with Crippen LogP contribution in [0, 0.1) is 22.7 Å². The lowest BCUT2D eigenvalue weighted by molar-refractivity contribution is -0.198. The lowest BCUT2D eigenvalue weighted by Crippen LogP contribution is -2.57. The Morgan fingerprint density at radius 3 is 2.35 bits per heavy atom. The van der Waals surface area contributed by atoms with Gasteiger partial charge in [0.1, 0.15) is 0 Å². The van der Waals surface area contributed by atoms with E-state index in [1.807, 2.05) is 0 Å². The Kier molecular flexibility index (Phi) is 3.49. The second kappa shape index (κ2) is 4.71. The van der Waals surface area contributed by atoms with E-state index in [-0.39, 0.29) is 11.7 Å². The second-order valence-corrected chi connectivity index (χ2v) is 8.31. The molecule has 3 aliphatic carbocycles. The van der Waals surface area contributed by atoms with Crippen LogP contribution in [0.5, 0.6) is 0 Å². The number of fused-ring (bicyclic) bond motifs is 2. The van der Waals surface area contributed by atoms with Gasteiger partial charge in [-0.2, -0.15) is 0 Å². The van der Waals surface area contributed by atoms with E-state index in [1.54, 1.807) is 0 Å². The summed E-state index contributed by atoms with van der Waals surface area (Å²) in [6, 6.07) is 0. The highest BCUT2D eigenvalue weighted by Gasteiger charge is 2.67. The third-order valence-corrected chi connectivity index (χ3v) is 7.66. The molecule has 0 saturated heterocycles. The Balaban J connectivity index is 1.97. The van der Waals surface area contributed by atoms with Gasteiger partial charge >= 0.3 is 0 Å². The van der Waals surface area contributed by atoms with Gasteiger partial charge in [0.25, 0.3) is 0 Å². The molecule has 1 N–H and O–H groups in total. The Bertz CT molecular complexity index is 374. The minimum Gasteiger partial charge on any atom is -0.390 e. The molecule has 0 aromatic heterocycles. The first-order chi connectivity index (χ1) is 9.38. The summed E-state index contributed by atoms with van der Waals surface area (Å²) in [5.41, 5.74) is 0.484. The van der Waals surface area contributed by atoms with E-state index in [1.165, 1.54) is 25.7 Å². The number of ether oxygens (including phenoxy) is 1. The van der Waals surface area contributed by atoms with Gasteiger partial charge in [0, 0.05) is 6.61 Å². The zero-order valence-electron chi connectivity index (χ0n) is 13.7. The maximum absolute atomic E-state index is 10.8. The molecule has 0 aromatic carbocycles. The van der Waals surface area contributed by atoms with Gasteiger partial charge in [0.15, 0.2) is 0 Å². The van der Waals surface area contributed by atoms with Gasteiger partial charge in [-0.3, -0.25) is 0 Å². The Hall–Kier alpha value is -0.0800. The number of hydrogen-bond acceptors (Lipinski definition) is 2. The van der Waals surface area contributed by atoms with E-state index in [4.69, 9.17) is 4.74 Å². The fraction of sp³-hybridized carbons (Fsp3) is 1.00. The largest absolute Gasteiger partial charge is 0.390 e. The molecule has 2 nitrogen and oxygen atoms in total. The summed E-state index contributed by atoms with van der Waals surface area (Å²) in [5.74, 6) is 1.36. The van der Waals surface area contributed by atoms with Crippen molar-refractivity contribution in [2.75, 3.05) is 6.61 Å². The predicted molar refractivity (Wildman–Crippen MR) is 81.6 cm³/mol. The molecule has 3 fully saturated rings. The summed E-state index contributed by atoms with van der Waals surface area (Å²) in [6.07, 6.45) is 8.06. The van der Waals surface area contributed by atoms with Crippen molar-refractivity contribution in [3.05, 3.63) is 0 Å². The quantitative estimate of drug-likeness (QED) is 0.841. The zero-order chi connectivity index (χ0) is 14.6. The van der Waals surface area contributed by atoms with Crippen LogP contribution in [-0.4, -0.2) is 23.4 Å². The van der Waals surface area contributed by atoms with Crippen LogP contribution in [0.15, 0.2) is 0 Å². The highest BCUT2D eigenvalue weighted by atomic mass is 16.5. The lowest BCUT2D eigenvalue weighted by Gasteiger charge is -2.53. The third kappa shape index (κ3) is 1.70. The molecular weight excluding hydrogens is 248 g/mol. The van der Waals surface area contributed by atoms with Crippen molar-refractivity contribution in [2.45, 2.75) is 84.3 Å². The molecule has 3 aliphatic rings. The van der Waals surface area contributed by atoms with E-state index in [0.29, 0.717) is 16.7 Å². The highest BCUT2D eigenvalue weighted by Crippen LogP contribution is 2.71. The third-order valence-electron chi connectivity index (χ3n) is 7.66. The van der Waals surface area contributed by atoms with Gasteiger partial charge in [0.2, 0.25) is 0 Å². The molecule has 116 valence electrons. The van der Waals surface area contributed by atoms with Crippen LogP contribution in [0.2, 0.25) is 0 Å². The van der Waals surface area contributed by atoms with Crippen LogP contribution in [-0.2, 0) is 4.74 Å². The van der Waals surface area contributed by atoms with Crippen molar-refractivity contribution >= 4 is 0 Å². The van der Waals surface area contributed by atoms with Crippen LogP contribution in [0.1, 0.15) is 72.6 Å². The van der Waals surface area contributed by atoms with E-state index in [0.717, 1.165) is 31.8 Å². The first kappa shape index (κ1) is 14.8. The summed E-state index contributed by atoms with van der Waals surface area (Å²) in [7, 11) is 0. The molecule has 0 amide bonds. The van der Waals surface area contributed by atoms with Crippen LogP contribution in [0.3, 0.4) is 0 Å². The monoisotopic (exact) mass is 280 g/mol. The summed E-state index contributed by atoms with van der Waals surface area (Å²) in [4.78, 5) is 0. The summed E-state index contributed by atoms with van der Waals surface area (Å²) >= 11 is 0. The SMILES string of the molecule is CCOC1([C@H]2C[C@@H]3CC[C@@]2(C)C3(C)C)CCCCC1O. The van der Waals surface area contributed by atoms with Gasteiger partial charge in [0.05, 0.1) is 11.7 Å². The van der Waals surface area contributed by atoms with Crippen molar-refractivity contribution in [1.29, 1.82) is 0 Å². The smallest absolute Gasteiger partial charge is 0.0973 e. The minimum atomic E-state index is -0.256. The van der Waals surface area contributed by atoms with Gasteiger partial charge in [-0.25, -0.2) is 0 Å². The molecule has 3 rings (SSSR count). The average Bonchev–Trinajstić information content (AvgIpc) is 2.74. The molecule has 2 bridgehead atoms. The zero-order valence-corrected chi connectivity index (χ0v) is 13.7.